The van der Waals surface area contributed by atoms with Crippen molar-refractivity contribution in [3.8, 4) is 0 Å². The average molecular weight is 182 g/mol. The minimum Gasteiger partial charge on any atom is -0.354 e. The molecule has 2 aliphatic rings. The van der Waals surface area contributed by atoms with Gasteiger partial charge in [-0.3, -0.25) is 4.79 Å². The highest BCUT2D eigenvalue weighted by Crippen LogP contribution is 2.27. The minimum atomic E-state index is 0.0903. The van der Waals surface area contributed by atoms with Gasteiger partial charge in [-0.15, -0.1) is 0 Å². The van der Waals surface area contributed by atoms with Crippen molar-refractivity contribution in [3.05, 3.63) is 0 Å². The highest BCUT2D eigenvalue weighted by atomic mass is 16.2. The highest BCUT2D eigenvalue weighted by molar-refractivity contribution is 5.81. The molecule has 1 aliphatic heterocycles. The second-order valence-electron chi connectivity index (χ2n) is 4.19. The fourth-order valence-corrected chi connectivity index (χ4v) is 1.77. The second kappa shape index (κ2) is 4.09. The molecule has 1 saturated heterocycles. The number of carbonyl (C=O) groups excluding carboxylic acids is 1. The molecule has 0 spiro atoms. The predicted octanol–water partition coefficient (Wildman–Crippen LogP) is 0.655. The summed E-state index contributed by atoms with van der Waals surface area (Å²) in [7, 11) is 0. The van der Waals surface area contributed by atoms with Crippen LogP contribution in [0.5, 0.6) is 0 Å². The van der Waals surface area contributed by atoms with E-state index in [1.165, 1.54) is 25.7 Å². The number of hydrogen-bond acceptors (Lipinski definition) is 2. The van der Waals surface area contributed by atoms with Crippen LogP contribution in [0.4, 0.5) is 0 Å². The van der Waals surface area contributed by atoms with E-state index in [4.69, 9.17) is 0 Å². The molecule has 0 bridgehead atoms. The molecule has 3 heteroatoms. The van der Waals surface area contributed by atoms with Crippen molar-refractivity contribution in [1.82, 2.24) is 10.6 Å². The lowest BCUT2D eigenvalue weighted by molar-refractivity contribution is -0.123. The van der Waals surface area contributed by atoms with Crippen molar-refractivity contribution in [1.29, 1.82) is 0 Å². The number of rotatable bonds is 3. The molecular formula is C10H18N2O. The van der Waals surface area contributed by atoms with Gasteiger partial charge in [0.1, 0.15) is 0 Å². The van der Waals surface area contributed by atoms with Crippen LogP contribution >= 0.6 is 0 Å². The minimum absolute atomic E-state index is 0.0903. The molecule has 1 saturated carbocycles. The SMILES string of the molecule is O=C(NCC1CC1)[C@@H]1CCCCN1. The third kappa shape index (κ3) is 2.69. The van der Waals surface area contributed by atoms with Gasteiger partial charge < -0.3 is 10.6 Å². The molecule has 2 N–H and O–H groups in total. The summed E-state index contributed by atoms with van der Waals surface area (Å²) in [6.45, 7) is 1.90. The van der Waals surface area contributed by atoms with Crippen LogP contribution in [0.3, 0.4) is 0 Å². The summed E-state index contributed by atoms with van der Waals surface area (Å²) >= 11 is 0. The van der Waals surface area contributed by atoms with E-state index in [1.54, 1.807) is 0 Å². The standard InChI is InChI=1S/C10H18N2O/c13-10(12-7-8-4-5-8)9-3-1-2-6-11-9/h8-9,11H,1-7H2,(H,12,13)/t9-/m0/s1. The van der Waals surface area contributed by atoms with Crippen LogP contribution in [-0.4, -0.2) is 25.0 Å². The summed E-state index contributed by atoms with van der Waals surface area (Å²) in [6, 6.07) is 0.0903. The summed E-state index contributed by atoms with van der Waals surface area (Å²) in [6.07, 6.45) is 6.02. The monoisotopic (exact) mass is 182 g/mol. The molecule has 1 atom stereocenters. The lowest BCUT2D eigenvalue weighted by atomic mass is 10.0. The summed E-state index contributed by atoms with van der Waals surface area (Å²) in [5, 5.41) is 6.26. The Balaban J connectivity index is 1.67. The zero-order chi connectivity index (χ0) is 9.10. The van der Waals surface area contributed by atoms with Crippen molar-refractivity contribution in [2.75, 3.05) is 13.1 Å². The van der Waals surface area contributed by atoms with Gasteiger partial charge in [0.25, 0.3) is 0 Å². The largest absolute Gasteiger partial charge is 0.354 e. The Labute approximate surface area is 79.3 Å². The normalized spacial score (nSPS) is 28.5. The fraction of sp³-hybridized carbons (Fsp3) is 0.900. The third-order valence-electron chi connectivity index (χ3n) is 2.89. The highest BCUT2D eigenvalue weighted by Gasteiger charge is 2.24. The van der Waals surface area contributed by atoms with Crippen LogP contribution in [-0.2, 0) is 4.79 Å². The van der Waals surface area contributed by atoms with Crippen LogP contribution in [0, 0.1) is 5.92 Å². The van der Waals surface area contributed by atoms with E-state index in [1.807, 2.05) is 0 Å². The molecule has 1 amide bonds. The van der Waals surface area contributed by atoms with Crippen molar-refractivity contribution >= 4 is 5.91 Å². The molecule has 0 aromatic carbocycles. The van der Waals surface area contributed by atoms with Gasteiger partial charge in [0.15, 0.2) is 0 Å². The van der Waals surface area contributed by atoms with E-state index in [-0.39, 0.29) is 11.9 Å². The predicted molar refractivity (Wildman–Crippen MR) is 51.4 cm³/mol. The Bertz CT molecular complexity index is 183. The number of carbonyl (C=O) groups is 1. The summed E-state index contributed by atoms with van der Waals surface area (Å²) in [5.74, 6) is 0.999. The van der Waals surface area contributed by atoms with Gasteiger partial charge in [0.2, 0.25) is 5.91 Å². The molecule has 2 rings (SSSR count). The molecular weight excluding hydrogens is 164 g/mol. The number of piperidine rings is 1. The third-order valence-corrected chi connectivity index (χ3v) is 2.89. The topological polar surface area (TPSA) is 41.1 Å². The average Bonchev–Trinajstić information content (AvgIpc) is 2.99. The summed E-state index contributed by atoms with van der Waals surface area (Å²) < 4.78 is 0. The first kappa shape index (κ1) is 9.00. The van der Waals surface area contributed by atoms with Crippen molar-refractivity contribution in [3.63, 3.8) is 0 Å². The van der Waals surface area contributed by atoms with E-state index < -0.39 is 0 Å². The van der Waals surface area contributed by atoms with Gasteiger partial charge in [-0.1, -0.05) is 6.42 Å². The zero-order valence-corrected chi connectivity index (χ0v) is 8.01. The molecule has 0 radical (unpaired) electrons. The van der Waals surface area contributed by atoms with Crippen LogP contribution in [0.15, 0.2) is 0 Å². The van der Waals surface area contributed by atoms with Gasteiger partial charge in [-0.25, -0.2) is 0 Å². The molecule has 13 heavy (non-hydrogen) atoms. The van der Waals surface area contributed by atoms with E-state index in [0.717, 1.165) is 25.4 Å². The van der Waals surface area contributed by atoms with E-state index in [0.29, 0.717) is 0 Å². The zero-order valence-electron chi connectivity index (χ0n) is 8.01. The van der Waals surface area contributed by atoms with Gasteiger partial charge >= 0.3 is 0 Å². The van der Waals surface area contributed by atoms with E-state index in [2.05, 4.69) is 10.6 Å². The Hall–Kier alpha value is -0.570. The lowest BCUT2D eigenvalue weighted by Gasteiger charge is -2.22. The maximum Gasteiger partial charge on any atom is 0.237 e. The smallest absolute Gasteiger partial charge is 0.237 e. The molecule has 2 fully saturated rings. The van der Waals surface area contributed by atoms with Gasteiger partial charge in [0.05, 0.1) is 6.04 Å². The van der Waals surface area contributed by atoms with E-state index >= 15 is 0 Å². The first-order chi connectivity index (χ1) is 6.36. The number of hydrogen-bond donors (Lipinski definition) is 2. The van der Waals surface area contributed by atoms with Crippen LogP contribution in [0.25, 0.3) is 0 Å². The molecule has 3 nitrogen and oxygen atoms in total. The van der Waals surface area contributed by atoms with Gasteiger partial charge in [-0.2, -0.15) is 0 Å². The van der Waals surface area contributed by atoms with Crippen LogP contribution in [0.1, 0.15) is 32.1 Å². The molecule has 1 aliphatic carbocycles. The first-order valence-corrected chi connectivity index (χ1v) is 5.37. The fourth-order valence-electron chi connectivity index (χ4n) is 1.77. The number of nitrogens with one attached hydrogen (secondary N) is 2. The number of amides is 1. The molecule has 0 unspecified atom stereocenters. The quantitative estimate of drug-likeness (QED) is 0.673. The van der Waals surface area contributed by atoms with Crippen molar-refractivity contribution in [2.24, 2.45) is 5.92 Å². The molecule has 1 heterocycles. The lowest BCUT2D eigenvalue weighted by Crippen LogP contribution is -2.47. The van der Waals surface area contributed by atoms with Crippen LogP contribution < -0.4 is 10.6 Å². The maximum absolute atomic E-state index is 11.6. The van der Waals surface area contributed by atoms with E-state index in [9.17, 15) is 4.79 Å². The molecule has 0 aromatic heterocycles. The Morgan fingerprint density at radius 1 is 1.31 bits per heavy atom. The first-order valence-electron chi connectivity index (χ1n) is 5.37. The Morgan fingerprint density at radius 2 is 2.15 bits per heavy atom. The summed E-state index contributed by atoms with van der Waals surface area (Å²) in [5.41, 5.74) is 0. The maximum atomic E-state index is 11.6. The second-order valence-corrected chi connectivity index (χ2v) is 4.19. The van der Waals surface area contributed by atoms with Gasteiger partial charge in [-0.05, 0) is 38.1 Å². The Kier molecular flexibility index (Phi) is 2.83. The summed E-state index contributed by atoms with van der Waals surface area (Å²) in [4.78, 5) is 11.6. The van der Waals surface area contributed by atoms with Gasteiger partial charge in [0, 0.05) is 6.54 Å². The van der Waals surface area contributed by atoms with Crippen molar-refractivity contribution in [2.45, 2.75) is 38.1 Å². The molecule has 74 valence electrons. The van der Waals surface area contributed by atoms with Crippen molar-refractivity contribution < 1.29 is 4.79 Å². The molecule has 0 aromatic rings. The van der Waals surface area contributed by atoms with Crippen LogP contribution in [0.2, 0.25) is 0 Å². The Morgan fingerprint density at radius 3 is 2.77 bits per heavy atom.